The van der Waals surface area contributed by atoms with Gasteiger partial charge in [-0.3, -0.25) is 4.79 Å². The molecular weight excluding hydrogens is 415 g/mol. The second-order valence-corrected chi connectivity index (χ2v) is 11.8. The number of hydrogen-bond donors (Lipinski definition) is 0. The second kappa shape index (κ2) is 9.79. The van der Waals surface area contributed by atoms with E-state index < -0.39 is 5.95 Å². The summed E-state index contributed by atoms with van der Waals surface area (Å²) in [6.07, 6.45) is 14.2. The highest BCUT2D eigenvalue weighted by Gasteiger charge is 2.61. The van der Waals surface area contributed by atoms with Crippen LogP contribution in [0.25, 0.3) is 0 Å². The van der Waals surface area contributed by atoms with Crippen LogP contribution in [-0.4, -0.2) is 29.1 Å². The van der Waals surface area contributed by atoms with Gasteiger partial charge in [-0.05, 0) is 98.2 Å². The van der Waals surface area contributed by atoms with E-state index in [0.29, 0.717) is 11.3 Å². The highest BCUT2D eigenvalue weighted by atomic mass is 19.1. The van der Waals surface area contributed by atoms with Gasteiger partial charge in [-0.25, -0.2) is 4.98 Å². The zero-order valence-electron chi connectivity index (χ0n) is 21.5. The number of aromatic nitrogens is 2. The molecule has 5 heteroatoms. The van der Waals surface area contributed by atoms with E-state index in [1.807, 2.05) is 21.0 Å². The average Bonchev–Trinajstić information content (AvgIpc) is 3.37. The Bertz CT molecular complexity index is 825. The molecule has 4 aliphatic rings. The van der Waals surface area contributed by atoms with Gasteiger partial charge in [0.05, 0.1) is 19.1 Å². The van der Waals surface area contributed by atoms with E-state index in [1.165, 1.54) is 63.9 Å². The number of carbonyl (C=O) groups excluding carboxylic acids is 1. The lowest BCUT2D eigenvalue weighted by atomic mass is 9.44. The van der Waals surface area contributed by atoms with Crippen LogP contribution in [0.1, 0.15) is 85.5 Å². The molecule has 0 amide bonds. The van der Waals surface area contributed by atoms with Crippen LogP contribution in [0.3, 0.4) is 0 Å². The molecule has 186 valence electrons. The van der Waals surface area contributed by atoms with Crippen LogP contribution in [0.5, 0.6) is 0 Å². The minimum atomic E-state index is -0.506. The summed E-state index contributed by atoms with van der Waals surface area (Å²) in [6.45, 7) is 10.2. The number of imidazole rings is 1. The fourth-order valence-corrected chi connectivity index (χ4v) is 8.97. The first-order valence-electron chi connectivity index (χ1n) is 13.5. The first kappa shape index (κ1) is 24.9. The van der Waals surface area contributed by atoms with Crippen molar-refractivity contribution in [2.24, 2.45) is 46.3 Å². The maximum Gasteiger partial charge on any atom is 0.230 e. The molecule has 1 aromatic heterocycles. The lowest BCUT2D eigenvalue weighted by molar-refractivity contribution is -0.138. The molecule has 0 aliphatic heterocycles. The van der Waals surface area contributed by atoms with Crippen LogP contribution < -0.4 is 0 Å². The Labute approximate surface area is 200 Å². The molecule has 1 heterocycles. The molecule has 0 saturated heterocycles. The molecule has 0 bridgehead atoms. The van der Waals surface area contributed by atoms with Gasteiger partial charge in [0.1, 0.15) is 0 Å². The summed E-state index contributed by atoms with van der Waals surface area (Å²) < 4.78 is 20.4. The molecular formula is C28H45FN2O2. The van der Waals surface area contributed by atoms with Crippen molar-refractivity contribution in [2.45, 2.75) is 92.0 Å². The number of halogens is 1. The predicted molar refractivity (Wildman–Crippen MR) is 129 cm³/mol. The number of hydrogen-bond acceptors (Lipinski definition) is 3. The quantitative estimate of drug-likeness (QED) is 0.501. The molecule has 5 rings (SSSR count). The lowest BCUT2D eigenvalue weighted by Gasteiger charge is -2.61. The molecule has 4 fully saturated rings. The molecule has 1 aromatic rings. The fourth-order valence-electron chi connectivity index (χ4n) is 8.97. The van der Waals surface area contributed by atoms with Crippen molar-refractivity contribution in [3.05, 3.63) is 18.5 Å². The predicted octanol–water partition coefficient (Wildman–Crippen LogP) is 6.54. The Morgan fingerprint density at radius 3 is 2.52 bits per heavy atom. The summed E-state index contributed by atoms with van der Waals surface area (Å²) in [6, 6.07) is 0. The molecule has 4 saturated carbocycles. The number of nitrogens with zero attached hydrogens (tertiary/aromatic N) is 2. The Morgan fingerprint density at radius 2 is 1.82 bits per heavy atom. The van der Waals surface area contributed by atoms with Gasteiger partial charge in [0.15, 0.2) is 5.78 Å². The molecule has 4 aliphatic carbocycles. The van der Waals surface area contributed by atoms with E-state index in [-0.39, 0.29) is 23.7 Å². The third kappa shape index (κ3) is 4.32. The topological polar surface area (TPSA) is 44.1 Å². The fraction of sp³-hybridized carbons (Fsp3) is 0.857. The average molecular weight is 461 g/mol. The van der Waals surface area contributed by atoms with Gasteiger partial charge in [0.25, 0.3) is 0 Å². The van der Waals surface area contributed by atoms with Crippen LogP contribution >= 0.6 is 0 Å². The maximum absolute atomic E-state index is 13.3. The molecule has 0 radical (unpaired) electrons. The molecule has 4 nitrogen and oxygen atoms in total. The summed E-state index contributed by atoms with van der Waals surface area (Å²) >= 11 is 0. The Balaban J connectivity index is 0.00000126. The van der Waals surface area contributed by atoms with Gasteiger partial charge in [-0.15, -0.1) is 0 Å². The normalized spacial score (nSPS) is 41.9. The van der Waals surface area contributed by atoms with Crippen LogP contribution in [0.2, 0.25) is 0 Å². The Morgan fingerprint density at radius 1 is 1.09 bits per heavy atom. The van der Waals surface area contributed by atoms with E-state index in [0.717, 1.165) is 36.7 Å². The number of fused-ring (bicyclic) bond motifs is 5. The zero-order valence-corrected chi connectivity index (χ0v) is 21.5. The smallest absolute Gasteiger partial charge is 0.230 e. The first-order valence-corrected chi connectivity index (χ1v) is 13.5. The van der Waals surface area contributed by atoms with Gasteiger partial charge >= 0.3 is 0 Å². The van der Waals surface area contributed by atoms with Crippen molar-refractivity contribution in [3.8, 4) is 0 Å². The molecule has 0 spiro atoms. The number of ketones is 1. The number of ether oxygens (including phenoxy) is 1. The summed E-state index contributed by atoms with van der Waals surface area (Å²) in [5, 5.41) is 0. The molecule has 8 unspecified atom stereocenters. The third-order valence-corrected chi connectivity index (χ3v) is 10.5. The van der Waals surface area contributed by atoms with E-state index in [1.54, 1.807) is 4.57 Å². The van der Waals surface area contributed by atoms with Crippen molar-refractivity contribution in [3.63, 3.8) is 0 Å². The van der Waals surface area contributed by atoms with E-state index in [4.69, 9.17) is 4.74 Å². The standard InChI is InChI=1S/C26H39FN2O2.C2H6/c1-25-10-8-17(15-31-3)12-18(25)4-5-19-20-6-7-22(26(20,2)11-9-21(19)25)23(30)13-29-14-24(27)28-16-29;1-2/h14,16-22H,4-13,15H2,1-3H3;1-2H3. The van der Waals surface area contributed by atoms with Gasteiger partial charge in [-0.1, -0.05) is 27.7 Å². The first-order chi connectivity index (χ1) is 15.8. The maximum atomic E-state index is 13.3. The van der Waals surface area contributed by atoms with Crippen molar-refractivity contribution >= 4 is 5.78 Å². The summed E-state index contributed by atoms with van der Waals surface area (Å²) in [5.41, 5.74) is 0.596. The SMILES string of the molecule is CC.COCC1CCC2(C)C(CCC3C2CCC2(C)C(C(=O)Cn4cnc(F)c4)CCC32)C1. The summed E-state index contributed by atoms with van der Waals surface area (Å²) in [7, 11) is 1.84. The highest BCUT2D eigenvalue weighted by Crippen LogP contribution is 2.67. The Hall–Kier alpha value is -1.23. The Kier molecular flexibility index (Phi) is 7.38. The minimum Gasteiger partial charge on any atom is -0.384 e. The second-order valence-electron chi connectivity index (χ2n) is 11.8. The monoisotopic (exact) mass is 460 g/mol. The van der Waals surface area contributed by atoms with Crippen molar-refractivity contribution in [1.82, 2.24) is 9.55 Å². The molecule has 33 heavy (non-hydrogen) atoms. The lowest BCUT2D eigenvalue weighted by Crippen LogP contribution is -2.54. The third-order valence-electron chi connectivity index (χ3n) is 10.5. The number of carbonyl (C=O) groups is 1. The van der Waals surface area contributed by atoms with E-state index in [2.05, 4.69) is 18.8 Å². The summed E-state index contributed by atoms with van der Waals surface area (Å²) in [4.78, 5) is 16.9. The van der Waals surface area contributed by atoms with Crippen molar-refractivity contribution < 1.29 is 13.9 Å². The van der Waals surface area contributed by atoms with Gasteiger partial charge in [0, 0.05) is 19.6 Å². The van der Waals surface area contributed by atoms with Gasteiger partial charge < -0.3 is 9.30 Å². The van der Waals surface area contributed by atoms with Crippen LogP contribution in [0.4, 0.5) is 4.39 Å². The highest BCUT2D eigenvalue weighted by molar-refractivity contribution is 5.82. The molecule has 8 atom stereocenters. The molecule has 0 aromatic carbocycles. The number of methoxy groups -OCH3 is 1. The largest absolute Gasteiger partial charge is 0.384 e. The van der Waals surface area contributed by atoms with Crippen LogP contribution in [0, 0.1) is 52.3 Å². The minimum absolute atomic E-state index is 0.117. The number of Topliss-reactive ketones (excluding diaryl/α,β-unsaturated/α-hetero) is 1. The van der Waals surface area contributed by atoms with E-state index in [9.17, 15) is 9.18 Å². The summed E-state index contributed by atoms with van der Waals surface area (Å²) in [5.74, 6) is 3.76. The van der Waals surface area contributed by atoms with Crippen LogP contribution in [0.15, 0.2) is 12.5 Å². The van der Waals surface area contributed by atoms with Crippen LogP contribution in [-0.2, 0) is 16.1 Å². The van der Waals surface area contributed by atoms with Crippen molar-refractivity contribution in [2.75, 3.05) is 13.7 Å². The van der Waals surface area contributed by atoms with Gasteiger partial charge in [-0.2, -0.15) is 4.39 Å². The zero-order chi connectivity index (χ0) is 23.8. The van der Waals surface area contributed by atoms with Crippen molar-refractivity contribution in [1.29, 1.82) is 0 Å². The molecule has 0 N–H and O–H groups in total. The number of rotatable bonds is 5. The van der Waals surface area contributed by atoms with E-state index >= 15 is 0 Å². The van der Waals surface area contributed by atoms with Gasteiger partial charge in [0.2, 0.25) is 5.95 Å².